The molecule has 0 atom stereocenters. The number of benzene rings is 1. The number of aromatic nitrogens is 4. The first-order chi connectivity index (χ1) is 17.6. The van der Waals surface area contributed by atoms with Crippen LogP contribution >= 0.6 is 0 Å². The zero-order valence-electron chi connectivity index (χ0n) is 24.2. The van der Waals surface area contributed by atoms with E-state index in [0.717, 1.165) is 22.5 Å². The van der Waals surface area contributed by atoms with Gasteiger partial charge in [-0.15, -0.1) is 0 Å². The number of nitrogens with one attached hydrogen (secondary N) is 1. The van der Waals surface area contributed by atoms with Gasteiger partial charge in [-0.25, -0.2) is 14.8 Å². The Morgan fingerprint density at radius 3 is 2.34 bits per heavy atom. The molecule has 1 aromatic carbocycles. The fourth-order valence-electron chi connectivity index (χ4n) is 3.38. The largest absolute Gasteiger partial charge is 0.444 e. The Bertz CT molecular complexity index is 1210. The summed E-state index contributed by atoms with van der Waals surface area (Å²) in [5.74, 6) is 0.498. The topological polar surface area (TPSA) is 94.4 Å². The molecule has 3 aromatic rings. The summed E-state index contributed by atoms with van der Waals surface area (Å²) in [6.45, 7) is 18.1. The monoisotopic (exact) mass is 538 g/mol. The van der Waals surface area contributed by atoms with Crippen LogP contribution in [0.2, 0.25) is 18.1 Å². The number of carbonyl (C=O) groups is 1. The molecular formula is C28H42N6O3Si. The molecule has 0 radical (unpaired) electrons. The number of hydrogen-bond acceptors (Lipinski definition) is 7. The normalized spacial score (nSPS) is 12.3. The van der Waals surface area contributed by atoms with E-state index in [0.29, 0.717) is 25.6 Å². The molecule has 206 valence electrons. The van der Waals surface area contributed by atoms with E-state index < -0.39 is 13.9 Å². The molecule has 0 spiro atoms. The molecule has 38 heavy (non-hydrogen) atoms. The van der Waals surface area contributed by atoms with Gasteiger partial charge in [0, 0.05) is 38.1 Å². The molecule has 10 heteroatoms. The third-order valence-electron chi connectivity index (χ3n) is 6.52. The lowest BCUT2D eigenvalue weighted by Gasteiger charge is -2.37. The highest BCUT2D eigenvalue weighted by molar-refractivity contribution is 6.74. The highest BCUT2D eigenvalue weighted by Crippen LogP contribution is 2.36. The maximum absolute atomic E-state index is 13.0. The zero-order valence-corrected chi connectivity index (χ0v) is 25.2. The van der Waals surface area contributed by atoms with Crippen molar-refractivity contribution < 1.29 is 14.0 Å². The van der Waals surface area contributed by atoms with Crippen molar-refractivity contribution in [2.75, 3.05) is 18.5 Å². The van der Waals surface area contributed by atoms with Crippen LogP contribution in [0.1, 0.15) is 47.1 Å². The van der Waals surface area contributed by atoms with Crippen molar-refractivity contribution in [3.63, 3.8) is 0 Å². The zero-order chi connectivity index (χ0) is 28.1. The van der Waals surface area contributed by atoms with Gasteiger partial charge in [0.05, 0.1) is 24.2 Å². The molecule has 0 saturated heterocycles. The minimum absolute atomic E-state index is 0.105. The van der Waals surface area contributed by atoms with Crippen molar-refractivity contribution >= 4 is 26.0 Å². The van der Waals surface area contributed by atoms with E-state index in [1.54, 1.807) is 22.0 Å². The summed E-state index contributed by atoms with van der Waals surface area (Å²) < 4.78 is 13.7. The van der Waals surface area contributed by atoms with Gasteiger partial charge in [0.25, 0.3) is 0 Å². The van der Waals surface area contributed by atoms with Crippen LogP contribution < -0.4 is 5.32 Å². The van der Waals surface area contributed by atoms with Gasteiger partial charge in [-0.1, -0.05) is 45.0 Å². The number of carbonyl (C=O) groups excluding carboxylic acids is 1. The highest BCUT2D eigenvalue weighted by Gasteiger charge is 2.37. The van der Waals surface area contributed by atoms with Crippen LogP contribution in [0.15, 0.2) is 48.9 Å². The Balaban J connectivity index is 1.71. The van der Waals surface area contributed by atoms with Gasteiger partial charge in [-0.05, 0) is 50.5 Å². The first kappa shape index (κ1) is 29.3. The Morgan fingerprint density at radius 2 is 1.76 bits per heavy atom. The first-order valence-corrected chi connectivity index (χ1v) is 15.8. The van der Waals surface area contributed by atoms with Gasteiger partial charge < -0.3 is 19.4 Å². The number of hydrogen-bond donors (Lipinski definition) is 1. The Labute approximate surface area is 227 Å². The SMILES string of the molecule is Cn1cc(Nc2nccc(-c3ccc(CN(CCO[Si](C)(C)C(C)(C)C)C(=O)OC(C)(C)C)cc3)n2)cn1. The van der Waals surface area contributed by atoms with Gasteiger partial charge in [0.2, 0.25) is 5.95 Å². The summed E-state index contributed by atoms with van der Waals surface area (Å²) >= 11 is 0. The molecule has 1 N–H and O–H groups in total. The average molecular weight is 539 g/mol. The molecule has 0 bridgehead atoms. The molecule has 0 unspecified atom stereocenters. The number of ether oxygens (including phenoxy) is 1. The molecule has 2 heterocycles. The van der Waals surface area contributed by atoms with E-state index in [-0.39, 0.29) is 11.1 Å². The van der Waals surface area contributed by atoms with Gasteiger partial charge in [0.1, 0.15) is 5.60 Å². The molecule has 0 saturated carbocycles. The van der Waals surface area contributed by atoms with E-state index in [2.05, 4.69) is 54.2 Å². The molecule has 1 amide bonds. The van der Waals surface area contributed by atoms with Crippen molar-refractivity contribution in [2.45, 2.75) is 71.8 Å². The lowest BCUT2D eigenvalue weighted by atomic mass is 10.1. The Kier molecular flexibility index (Phi) is 8.99. The average Bonchev–Trinajstić information content (AvgIpc) is 3.21. The van der Waals surface area contributed by atoms with Crippen molar-refractivity contribution in [3.8, 4) is 11.3 Å². The summed E-state index contributed by atoms with van der Waals surface area (Å²) in [4.78, 5) is 23.7. The van der Waals surface area contributed by atoms with Crippen LogP contribution in [0.25, 0.3) is 11.3 Å². The number of nitrogens with zero attached hydrogens (tertiary/aromatic N) is 5. The Hall–Kier alpha value is -3.24. The molecule has 0 aliphatic rings. The van der Waals surface area contributed by atoms with Crippen LogP contribution in [-0.2, 0) is 22.8 Å². The first-order valence-electron chi connectivity index (χ1n) is 12.9. The molecule has 9 nitrogen and oxygen atoms in total. The lowest BCUT2D eigenvalue weighted by Crippen LogP contribution is -2.44. The van der Waals surface area contributed by atoms with Gasteiger partial charge in [-0.3, -0.25) is 4.68 Å². The van der Waals surface area contributed by atoms with Crippen molar-refractivity contribution in [3.05, 3.63) is 54.5 Å². The molecule has 0 aliphatic carbocycles. The summed E-state index contributed by atoms with van der Waals surface area (Å²) in [6.07, 6.45) is 4.96. The van der Waals surface area contributed by atoms with Gasteiger partial charge in [0.15, 0.2) is 8.32 Å². The lowest BCUT2D eigenvalue weighted by molar-refractivity contribution is 0.0205. The second-order valence-electron chi connectivity index (χ2n) is 12.0. The predicted molar refractivity (Wildman–Crippen MR) is 154 cm³/mol. The maximum Gasteiger partial charge on any atom is 0.410 e. The third-order valence-corrected chi connectivity index (χ3v) is 11.1. The summed E-state index contributed by atoms with van der Waals surface area (Å²) in [7, 11) is -0.0629. The van der Waals surface area contributed by atoms with Crippen LogP contribution in [0, 0.1) is 0 Å². The second kappa shape index (κ2) is 11.7. The fraction of sp³-hybridized carbons (Fsp3) is 0.500. The number of anilines is 2. The molecular weight excluding hydrogens is 496 g/mol. The predicted octanol–water partition coefficient (Wildman–Crippen LogP) is 6.38. The van der Waals surface area contributed by atoms with E-state index in [4.69, 9.17) is 9.16 Å². The van der Waals surface area contributed by atoms with E-state index in [9.17, 15) is 4.79 Å². The van der Waals surface area contributed by atoms with E-state index in [1.807, 2.05) is 64.3 Å². The number of amides is 1. The number of rotatable bonds is 9. The van der Waals surface area contributed by atoms with Crippen molar-refractivity contribution in [1.82, 2.24) is 24.6 Å². The van der Waals surface area contributed by atoms with Crippen LogP contribution in [0.4, 0.5) is 16.4 Å². The minimum atomic E-state index is -1.92. The van der Waals surface area contributed by atoms with Crippen LogP contribution in [0.3, 0.4) is 0 Å². The van der Waals surface area contributed by atoms with Gasteiger partial charge >= 0.3 is 6.09 Å². The molecule has 3 rings (SSSR count). The number of aryl methyl sites for hydroxylation is 1. The standard InChI is InChI=1S/C28H42N6O3Si/c1-27(2,3)37-26(35)34(16-17-36-38(8,9)28(4,5)6)19-21-10-12-22(13-11-21)24-14-15-29-25(32-24)31-23-18-30-33(7)20-23/h10-15,18,20H,16-17,19H2,1-9H3,(H,29,31,32). The molecule has 0 aliphatic heterocycles. The fourth-order valence-corrected chi connectivity index (χ4v) is 4.42. The smallest absolute Gasteiger partial charge is 0.410 e. The van der Waals surface area contributed by atoms with Gasteiger partial charge in [-0.2, -0.15) is 5.10 Å². The van der Waals surface area contributed by atoms with E-state index in [1.165, 1.54) is 0 Å². The molecule has 0 fully saturated rings. The van der Waals surface area contributed by atoms with Crippen LogP contribution in [-0.4, -0.2) is 57.8 Å². The molecule has 2 aromatic heterocycles. The van der Waals surface area contributed by atoms with Crippen LogP contribution in [0.5, 0.6) is 0 Å². The summed E-state index contributed by atoms with van der Waals surface area (Å²) in [5.41, 5.74) is 2.99. The second-order valence-corrected chi connectivity index (χ2v) is 16.8. The summed E-state index contributed by atoms with van der Waals surface area (Å²) in [5, 5.41) is 7.43. The third kappa shape index (κ3) is 8.39. The Morgan fingerprint density at radius 1 is 1.08 bits per heavy atom. The van der Waals surface area contributed by atoms with E-state index >= 15 is 0 Å². The highest BCUT2D eigenvalue weighted by atomic mass is 28.4. The van der Waals surface area contributed by atoms with Crippen molar-refractivity contribution in [1.29, 1.82) is 0 Å². The van der Waals surface area contributed by atoms with Crippen molar-refractivity contribution in [2.24, 2.45) is 7.05 Å². The quantitative estimate of drug-likeness (QED) is 0.316. The minimum Gasteiger partial charge on any atom is -0.444 e. The maximum atomic E-state index is 13.0. The summed E-state index contributed by atoms with van der Waals surface area (Å²) in [6, 6.07) is 9.90.